The number of rotatable bonds is 1. The monoisotopic (exact) mass is 396 g/mol. The van der Waals surface area contributed by atoms with Crippen molar-refractivity contribution in [3.05, 3.63) is 47.7 Å². The number of carbonyl (C=O) groups excluding carboxylic acids is 2. The number of aromatic nitrogens is 3. The number of anilines is 1. The van der Waals surface area contributed by atoms with E-state index < -0.39 is 0 Å². The first-order valence-electron chi connectivity index (χ1n) is 9.92. The van der Waals surface area contributed by atoms with Gasteiger partial charge in [0, 0.05) is 45.6 Å². The number of likely N-dealkylation sites (N-methyl/N-ethyl adjacent to an activating group) is 1. The molecule has 0 radical (unpaired) electrons. The summed E-state index contributed by atoms with van der Waals surface area (Å²) in [6.45, 7) is 3.72. The molecular weight excluding hydrogens is 368 g/mol. The number of amides is 2. The third-order valence-corrected chi connectivity index (χ3v) is 5.21. The van der Waals surface area contributed by atoms with Crippen molar-refractivity contribution in [3.8, 4) is 0 Å². The van der Waals surface area contributed by atoms with Crippen molar-refractivity contribution in [3.63, 3.8) is 0 Å². The van der Waals surface area contributed by atoms with E-state index in [1.807, 2.05) is 25.2 Å². The Kier molecular flexibility index (Phi) is 6.74. The second-order valence-corrected chi connectivity index (χ2v) is 7.43. The molecule has 0 aromatic carbocycles. The summed E-state index contributed by atoms with van der Waals surface area (Å²) in [7, 11) is 3.80. The SMILES string of the molecule is Cc1ncncc1C(=O)N1CCCc2cccc(n2)N(C)CCCN(C)C(=O)C1. The van der Waals surface area contributed by atoms with Crippen LogP contribution in [0.2, 0.25) is 0 Å². The fourth-order valence-corrected chi connectivity index (χ4v) is 3.36. The molecule has 3 heterocycles. The Bertz CT molecular complexity index is 872. The van der Waals surface area contributed by atoms with Crippen molar-refractivity contribution < 1.29 is 9.59 Å². The number of fused-ring (bicyclic) bond motifs is 2. The zero-order chi connectivity index (χ0) is 20.8. The van der Waals surface area contributed by atoms with Gasteiger partial charge in [0.2, 0.25) is 5.91 Å². The zero-order valence-corrected chi connectivity index (χ0v) is 17.3. The Morgan fingerprint density at radius 1 is 1.07 bits per heavy atom. The molecule has 1 aliphatic heterocycles. The molecular formula is C21H28N6O2. The quantitative estimate of drug-likeness (QED) is 0.727. The van der Waals surface area contributed by atoms with Gasteiger partial charge in [-0.05, 0) is 38.3 Å². The van der Waals surface area contributed by atoms with Gasteiger partial charge in [0.15, 0.2) is 0 Å². The number of hydrogen-bond acceptors (Lipinski definition) is 6. The summed E-state index contributed by atoms with van der Waals surface area (Å²) in [5.41, 5.74) is 2.04. The fourth-order valence-electron chi connectivity index (χ4n) is 3.36. The van der Waals surface area contributed by atoms with Crippen LogP contribution in [-0.4, -0.2) is 76.8 Å². The average molecular weight is 396 g/mol. The van der Waals surface area contributed by atoms with Crippen LogP contribution in [0.25, 0.3) is 0 Å². The highest BCUT2D eigenvalue weighted by Gasteiger charge is 2.23. The number of nitrogens with zero attached hydrogens (tertiary/aromatic N) is 6. The average Bonchev–Trinajstić information content (AvgIpc) is 2.72. The Labute approximate surface area is 171 Å². The van der Waals surface area contributed by atoms with Crippen molar-refractivity contribution in [2.75, 3.05) is 45.2 Å². The van der Waals surface area contributed by atoms with E-state index in [0.717, 1.165) is 37.3 Å². The van der Waals surface area contributed by atoms with Gasteiger partial charge in [-0.2, -0.15) is 0 Å². The second-order valence-electron chi connectivity index (χ2n) is 7.43. The van der Waals surface area contributed by atoms with Gasteiger partial charge in [-0.3, -0.25) is 9.59 Å². The third kappa shape index (κ3) is 5.28. The van der Waals surface area contributed by atoms with Gasteiger partial charge in [-0.25, -0.2) is 15.0 Å². The van der Waals surface area contributed by atoms with Gasteiger partial charge in [0.25, 0.3) is 5.91 Å². The first-order valence-corrected chi connectivity index (χ1v) is 9.92. The Morgan fingerprint density at radius 2 is 1.86 bits per heavy atom. The molecule has 0 spiro atoms. The van der Waals surface area contributed by atoms with Gasteiger partial charge in [-0.15, -0.1) is 0 Å². The van der Waals surface area contributed by atoms with E-state index in [9.17, 15) is 9.59 Å². The Balaban J connectivity index is 1.83. The molecule has 0 atom stereocenters. The maximum atomic E-state index is 13.1. The predicted molar refractivity (Wildman–Crippen MR) is 111 cm³/mol. The number of carbonyl (C=O) groups is 2. The molecule has 2 aromatic heterocycles. The van der Waals surface area contributed by atoms with Crippen LogP contribution in [0.3, 0.4) is 0 Å². The summed E-state index contributed by atoms with van der Waals surface area (Å²) < 4.78 is 0. The smallest absolute Gasteiger partial charge is 0.257 e. The molecule has 0 N–H and O–H groups in total. The minimum absolute atomic E-state index is 0.0486. The van der Waals surface area contributed by atoms with E-state index in [4.69, 9.17) is 4.98 Å². The van der Waals surface area contributed by atoms with Gasteiger partial charge >= 0.3 is 0 Å². The molecule has 3 rings (SSSR count). The molecule has 2 bridgehead atoms. The Morgan fingerprint density at radius 3 is 2.66 bits per heavy atom. The van der Waals surface area contributed by atoms with E-state index >= 15 is 0 Å². The molecule has 29 heavy (non-hydrogen) atoms. The lowest BCUT2D eigenvalue weighted by Gasteiger charge is -2.27. The summed E-state index contributed by atoms with van der Waals surface area (Å²) in [5, 5.41) is 0. The van der Waals surface area contributed by atoms with Crippen LogP contribution in [0, 0.1) is 6.92 Å². The van der Waals surface area contributed by atoms with Crippen LogP contribution >= 0.6 is 0 Å². The van der Waals surface area contributed by atoms with Crippen molar-refractivity contribution in [2.45, 2.75) is 26.2 Å². The standard InChI is InChI=1S/C21H28N6O2/c1-16-18(13-22-15-23-16)21(29)27-12-5-8-17-7-4-9-19(24-17)25(2)10-6-11-26(3)20(28)14-27/h4,7,9,13,15H,5-6,8,10-12,14H2,1-3H3. The highest BCUT2D eigenvalue weighted by atomic mass is 16.2. The molecule has 0 aliphatic carbocycles. The molecule has 0 fully saturated rings. The van der Waals surface area contributed by atoms with Crippen LogP contribution in [-0.2, 0) is 11.2 Å². The summed E-state index contributed by atoms with van der Waals surface area (Å²) in [6, 6.07) is 6.02. The first-order chi connectivity index (χ1) is 14.0. The third-order valence-electron chi connectivity index (χ3n) is 5.21. The maximum absolute atomic E-state index is 13.1. The van der Waals surface area contributed by atoms with Crippen LogP contribution in [0.4, 0.5) is 5.82 Å². The zero-order valence-electron chi connectivity index (χ0n) is 17.3. The molecule has 8 nitrogen and oxygen atoms in total. The first kappa shape index (κ1) is 20.7. The molecule has 2 aromatic rings. The van der Waals surface area contributed by atoms with Gasteiger partial charge < -0.3 is 14.7 Å². The van der Waals surface area contributed by atoms with Gasteiger partial charge in [-0.1, -0.05) is 6.07 Å². The molecule has 1 aliphatic rings. The van der Waals surface area contributed by atoms with Crippen LogP contribution in [0.1, 0.15) is 34.6 Å². The summed E-state index contributed by atoms with van der Waals surface area (Å²) in [5.74, 6) is 0.654. The molecule has 8 heteroatoms. The van der Waals surface area contributed by atoms with E-state index in [0.29, 0.717) is 24.3 Å². The van der Waals surface area contributed by atoms with Crippen LogP contribution in [0.5, 0.6) is 0 Å². The van der Waals surface area contributed by atoms with Gasteiger partial charge in [0.1, 0.15) is 18.7 Å². The number of pyridine rings is 1. The maximum Gasteiger partial charge on any atom is 0.257 e. The van der Waals surface area contributed by atoms with Crippen LogP contribution in [0.15, 0.2) is 30.7 Å². The molecule has 0 saturated carbocycles. The summed E-state index contributed by atoms with van der Waals surface area (Å²) in [4.78, 5) is 44.1. The van der Waals surface area contributed by atoms with E-state index in [2.05, 4.69) is 14.9 Å². The van der Waals surface area contributed by atoms with Gasteiger partial charge in [0.05, 0.1) is 11.3 Å². The lowest BCUT2D eigenvalue weighted by molar-refractivity contribution is -0.130. The minimum atomic E-state index is -0.210. The topological polar surface area (TPSA) is 82.5 Å². The van der Waals surface area contributed by atoms with Crippen molar-refractivity contribution in [1.82, 2.24) is 24.8 Å². The van der Waals surface area contributed by atoms with Crippen molar-refractivity contribution in [2.24, 2.45) is 0 Å². The van der Waals surface area contributed by atoms with Crippen molar-refractivity contribution >= 4 is 17.6 Å². The summed E-state index contributed by atoms with van der Waals surface area (Å²) >= 11 is 0. The Hall–Kier alpha value is -3.03. The highest BCUT2D eigenvalue weighted by Crippen LogP contribution is 2.14. The fraction of sp³-hybridized carbons (Fsp3) is 0.476. The molecule has 154 valence electrons. The minimum Gasteiger partial charge on any atom is -0.360 e. The van der Waals surface area contributed by atoms with E-state index in [-0.39, 0.29) is 18.4 Å². The second kappa shape index (κ2) is 9.45. The molecule has 0 saturated heterocycles. The van der Waals surface area contributed by atoms with E-state index in [1.54, 1.807) is 23.8 Å². The lowest BCUT2D eigenvalue weighted by atomic mass is 10.1. The largest absolute Gasteiger partial charge is 0.360 e. The molecule has 0 unspecified atom stereocenters. The number of aryl methyl sites for hydroxylation is 2. The normalized spacial score (nSPS) is 16.5. The molecule has 2 amide bonds. The highest BCUT2D eigenvalue weighted by molar-refractivity contribution is 5.97. The number of hydrogen-bond donors (Lipinski definition) is 0. The predicted octanol–water partition coefficient (Wildman–Crippen LogP) is 1.55. The summed E-state index contributed by atoms with van der Waals surface area (Å²) in [6.07, 6.45) is 5.22. The van der Waals surface area contributed by atoms with Crippen molar-refractivity contribution in [1.29, 1.82) is 0 Å². The lowest BCUT2D eigenvalue weighted by Crippen LogP contribution is -2.43. The van der Waals surface area contributed by atoms with Crippen LogP contribution < -0.4 is 4.90 Å². The van der Waals surface area contributed by atoms with E-state index in [1.165, 1.54) is 12.5 Å².